The largest absolute Gasteiger partial charge is 0.480 e. The van der Waals surface area contributed by atoms with Crippen molar-refractivity contribution in [1.82, 2.24) is 25.1 Å². The fraction of sp³-hybridized carbons (Fsp3) is 0.727. The molecule has 0 radical (unpaired) electrons. The van der Waals surface area contributed by atoms with E-state index in [0.717, 1.165) is 12.8 Å². The highest BCUT2D eigenvalue weighted by molar-refractivity contribution is 8.00. The minimum absolute atomic E-state index is 0.112. The van der Waals surface area contributed by atoms with Gasteiger partial charge in [0.1, 0.15) is 6.04 Å². The van der Waals surface area contributed by atoms with Gasteiger partial charge in [-0.15, -0.1) is 16.9 Å². The van der Waals surface area contributed by atoms with Crippen molar-refractivity contribution in [3.05, 3.63) is 0 Å². The van der Waals surface area contributed by atoms with Gasteiger partial charge in [0.2, 0.25) is 11.1 Å². The van der Waals surface area contributed by atoms with Gasteiger partial charge in [0.15, 0.2) is 0 Å². The summed E-state index contributed by atoms with van der Waals surface area (Å²) in [6.07, 6.45) is 2.13. The molecule has 1 aromatic rings. The zero-order valence-electron chi connectivity index (χ0n) is 11.4. The number of carboxylic acids is 1. The summed E-state index contributed by atoms with van der Waals surface area (Å²) in [5.41, 5.74) is 0. The van der Waals surface area contributed by atoms with Crippen molar-refractivity contribution < 1.29 is 14.7 Å². The highest BCUT2D eigenvalue weighted by Crippen LogP contribution is 2.36. The van der Waals surface area contributed by atoms with Crippen LogP contribution in [0.5, 0.6) is 0 Å². The number of tetrazole rings is 1. The van der Waals surface area contributed by atoms with Crippen molar-refractivity contribution in [3.8, 4) is 0 Å². The molecule has 2 unspecified atom stereocenters. The smallest absolute Gasteiger partial charge is 0.327 e. The SMILES string of the molecule is CC1SCC(C(=O)O)N1C(=O)CSc1nnnn1C1CC1. The van der Waals surface area contributed by atoms with Gasteiger partial charge in [-0.2, -0.15) is 0 Å². The van der Waals surface area contributed by atoms with Crippen LogP contribution >= 0.6 is 23.5 Å². The Balaban J connectivity index is 1.63. The quantitative estimate of drug-likeness (QED) is 0.778. The number of aromatic nitrogens is 4. The third-order valence-electron chi connectivity index (χ3n) is 3.48. The molecule has 2 fully saturated rings. The monoisotopic (exact) mass is 329 g/mol. The van der Waals surface area contributed by atoms with Crippen molar-refractivity contribution in [2.75, 3.05) is 11.5 Å². The Labute approximate surface area is 129 Å². The van der Waals surface area contributed by atoms with Crippen LogP contribution < -0.4 is 0 Å². The third-order valence-corrected chi connectivity index (χ3v) is 5.61. The molecule has 1 aliphatic heterocycles. The number of nitrogens with zero attached hydrogens (tertiary/aromatic N) is 5. The molecule has 0 spiro atoms. The van der Waals surface area contributed by atoms with E-state index >= 15 is 0 Å². The average Bonchev–Trinajstić information content (AvgIpc) is 3.05. The molecule has 2 heterocycles. The van der Waals surface area contributed by atoms with E-state index in [-0.39, 0.29) is 17.0 Å². The van der Waals surface area contributed by atoms with Crippen LogP contribution in [0.1, 0.15) is 25.8 Å². The molecule has 10 heteroatoms. The lowest BCUT2D eigenvalue weighted by atomic mass is 10.3. The molecule has 21 heavy (non-hydrogen) atoms. The molecule has 8 nitrogen and oxygen atoms in total. The maximum atomic E-state index is 12.3. The molecule has 2 atom stereocenters. The number of aliphatic carboxylic acids is 1. The average molecular weight is 329 g/mol. The predicted octanol–water partition coefficient (Wildman–Crippen LogP) is 0.475. The number of amides is 1. The van der Waals surface area contributed by atoms with Crippen LogP contribution in [-0.4, -0.2) is 65.0 Å². The molecular formula is C11H15N5O3S2. The molecule has 1 saturated heterocycles. The first-order chi connectivity index (χ1) is 10.1. The molecule has 2 aliphatic rings. The van der Waals surface area contributed by atoms with Gasteiger partial charge in [0.25, 0.3) is 0 Å². The molecule has 0 aromatic carbocycles. The fourth-order valence-corrected chi connectivity index (χ4v) is 4.24. The number of thioether (sulfide) groups is 2. The Hall–Kier alpha value is -1.29. The number of rotatable bonds is 5. The molecule has 0 bridgehead atoms. The van der Waals surface area contributed by atoms with Crippen LogP contribution in [-0.2, 0) is 9.59 Å². The van der Waals surface area contributed by atoms with Crippen LogP contribution in [0.3, 0.4) is 0 Å². The van der Waals surface area contributed by atoms with Gasteiger partial charge in [0, 0.05) is 5.75 Å². The first-order valence-electron chi connectivity index (χ1n) is 6.64. The normalized spacial score (nSPS) is 25.3. The van der Waals surface area contributed by atoms with Crippen LogP contribution in [0.2, 0.25) is 0 Å². The van der Waals surface area contributed by atoms with Crippen LogP contribution in [0.4, 0.5) is 0 Å². The summed E-state index contributed by atoms with van der Waals surface area (Å²) >= 11 is 2.75. The summed E-state index contributed by atoms with van der Waals surface area (Å²) in [5, 5.41) is 21.2. The molecule has 1 N–H and O–H groups in total. The molecular weight excluding hydrogens is 314 g/mol. The van der Waals surface area contributed by atoms with Crippen molar-refractivity contribution in [1.29, 1.82) is 0 Å². The lowest BCUT2D eigenvalue weighted by Gasteiger charge is -2.24. The van der Waals surface area contributed by atoms with Gasteiger partial charge in [-0.25, -0.2) is 9.48 Å². The number of carboxylic acid groups (broad SMARTS) is 1. The summed E-state index contributed by atoms with van der Waals surface area (Å²) in [4.78, 5) is 25.0. The molecule has 3 rings (SSSR count). The van der Waals surface area contributed by atoms with Gasteiger partial charge in [-0.1, -0.05) is 11.8 Å². The summed E-state index contributed by atoms with van der Waals surface area (Å²) in [5.74, 6) is -0.544. The number of hydrogen-bond acceptors (Lipinski definition) is 7. The highest BCUT2D eigenvalue weighted by Gasteiger charge is 2.39. The molecule has 1 aromatic heterocycles. The second kappa shape index (κ2) is 5.84. The van der Waals surface area contributed by atoms with Crippen LogP contribution in [0.15, 0.2) is 5.16 Å². The van der Waals surface area contributed by atoms with Crippen molar-refractivity contribution in [2.45, 2.75) is 42.4 Å². The van der Waals surface area contributed by atoms with E-state index in [1.807, 2.05) is 6.92 Å². The van der Waals surface area contributed by atoms with E-state index in [0.29, 0.717) is 17.0 Å². The zero-order valence-corrected chi connectivity index (χ0v) is 13.0. The molecule has 114 valence electrons. The fourth-order valence-electron chi connectivity index (χ4n) is 2.24. The summed E-state index contributed by atoms with van der Waals surface area (Å²) in [6.45, 7) is 1.85. The Kier molecular flexibility index (Phi) is 4.07. The van der Waals surface area contributed by atoms with E-state index in [1.165, 1.54) is 28.4 Å². The Morgan fingerprint density at radius 1 is 1.48 bits per heavy atom. The Morgan fingerprint density at radius 3 is 2.90 bits per heavy atom. The van der Waals surface area contributed by atoms with Crippen molar-refractivity contribution in [2.24, 2.45) is 0 Å². The maximum absolute atomic E-state index is 12.3. The predicted molar refractivity (Wildman–Crippen MR) is 77.0 cm³/mol. The van der Waals surface area contributed by atoms with Gasteiger partial charge in [0.05, 0.1) is 17.2 Å². The summed E-state index contributed by atoms with van der Waals surface area (Å²) in [6, 6.07) is -0.386. The summed E-state index contributed by atoms with van der Waals surface area (Å²) < 4.78 is 1.74. The standard InChI is InChI=1S/C11H15N5O3S2/c1-6-15(8(4-20-6)10(18)19)9(17)5-21-11-12-13-14-16(11)7-2-3-7/h6-8H,2-5H2,1H3,(H,18,19). The molecule has 1 amide bonds. The second-order valence-electron chi connectivity index (χ2n) is 5.01. The lowest BCUT2D eigenvalue weighted by molar-refractivity contribution is -0.147. The van der Waals surface area contributed by atoms with E-state index in [2.05, 4.69) is 15.5 Å². The van der Waals surface area contributed by atoms with Gasteiger partial charge in [-0.3, -0.25) is 4.79 Å². The minimum atomic E-state index is -0.951. The zero-order chi connectivity index (χ0) is 15.0. The van der Waals surface area contributed by atoms with Crippen molar-refractivity contribution in [3.63, 3.8) is 0 Å². The number of carbonyl (C=O) groups excluding carboxylic acids is 1. The van der Waals surface area contributed by atoms with Gasteiger partial charge < -0.3 is 10.0 Å². The highest BCUT2D eigenvalue weighted by atomic mass is 32.2. The van der Waals surface area contributed by atoms with E-state index in [9.17, 15) is 14.7 Å². The summed E-state index contributed by atoms with van der Waals surface area (Å²) in [7, 11) is 0. The Morgan fingerprint density at radius 2 is 2.24 bits per heavy atom. The first-order valence-corrected chi connectivity index (χ1v) is 8.67. The van der Waals surface area contributed by atoms with Crippen LogP contribution in [0.25, 0.3) is 0 Å². The maximum Gasteiger partial charge on any atom is 0.327 e. The lowest BCUT2D eigenvalue weighted by Crippen LogP contribution is -2.45. The topological polar surface area (TPSA) is 101 Å². The Bertz CT molecular complexity index is 562. The van der Waals surface area contributed by atoms with Crippen molar-refractivity contribution >= 4 is 35.4 Å². The van der Waals surface area contributed by atoms with E-state index < -0.39 is 12.0 Å². The number of hydrogen-bond donors (Lipinski definition) is 1. The van der Waals surface area contributed by atoms with Crippen LogP contribution in [0, 0.1) is 0 Å². The molecule has 1 aliphatic carbocycles. The number of carbonyl (C=O) groups is 2. The van der Waals surface area contributed by atoms with E-state index in [4.69, 9.17) is 0 Å². The first kappa shape index (κ1) is 14.6. The van der Waals surface area contributed by atoms with Gasteiger partial charge >= 0.3 is 5.97 Å². The minimum Gasteiger partial charge on any atom is -0.480 e. The second-order valence-corrected chi connectivity index (χ2v) is 7.30. The third kappa shape index (κ3) is 3.00. The van der Waals surface area contributed by atoms with E-state index in [1.54, 1.807) is 4.68 Å². The van der Waals surface area contributed by atoms with Gasteiger partial charge in [-0.05, 0) is 30.2 Å². The molecule has 1 saturated carbocycles.